The van der Waals surface area contributed by atoms with Crippen LogP contribution in [0.2, 0.25) is 0 Å². The van der Waals surface area contributed by atoms with Gasteiger partial charge in [-0.3, -0.25) is 4.90 Å². The first kappa shape index (κ1) is 13.2. The third kappa shape index (κ3) is 4.55. The molecule has 100 valence electrons. The van der Waals surface area contributed by atoms with Crippen LogP contribution in [0.25, 0.3) is 0 Å². The molecule has 0 spiro atoms. The maximum absolute atomic E-state index is 5.69. The van der Waals surface area contributed by atoms with Gasteiger partial charge in [0, 0.05) is 24.8 Å². The van der Waals surface area contributed by atoms with Gasteiger partial charge in [0.25, 0.3) is 0 Å². The van der Waals surface area contributed by atoms with Crippen LogP contribution < -0.4 is 10.5 Å². The molecule has 0 unspecified atom stereocenters. The second-order valence-corrected chi connectivity index (χ2v) is 4.58. The number of hydrogen-bond acceptors (Lipinski definition) is 4. The Bertz CT molecular complexity index is 351. The van der Waals surface area contributed by atoms with Crippen LogP contribution in [0.1, 0.15) is 12.8 Å². The Kier molecular flexibility index (Phi) is 5.30. The van der Waals surface area contributed by atoms with E-state index in [1.807, 2.05) is 24.3 Å². The van der Waals surface area contributed by atoms with E-state index in [1.165, 1.54) is 6.42 Å². The highest BCUT2D eigenvalue weighted by Crippen LogP contribution is 2.14. The number of nitrogens with two attached hydrogens (primary N) is 1. The standard InChI is InChI=1S/C14H22N2O2/c15-13-4-3-5-14(12-13)18-9-2-1-6-16-7-10-17-11-8-16/h3-5,12H,1-2,6-11,15H2. The van der Waals surface area contributed by atoms with E-state index in [0.29, 0.717) is 0 Å². The Morgan fingerprint density at radius 1 is 1.22 bits per heavy atom. The molecule has 18 heavy (non-hydrogen) atoms. The first-order chi connectivity index (χ1) is 8.84. The van der Waals surface area contributed by atoms with Crippen LogP contribution in [0.5, 0.6) is 5.75 Å². The summed E-state index contributed by atoms with van der Waals surface area (Å²) in [5, 5.41) is 0. The summed E-state index contributed by atoms with van der Waals surface area (Å²) < 4.78 is 11.0. The van der Waals surface area contributed by atoms with Crippen molar-refractivity contribution in [1.29, 1.82) is 0 Å². The van der Waals surface area contributed by atoms with Crippen molar-refractivity contribution in [3.05, 3.63) is 24.3 Å². The SMILES string of the molecule is Nc1cccc(OCCCCN2CCOCC2)c1. The van der Waals surface area contributed by atoms with Gasteiger partial charge in [0.2, 0.25) is 0 Å². The molecule has 0 radical (unpaired) electrons. The van der Waals surface area contributed by atoms with Gasteiger partial charge in [-0.1, -0.05) is 6.07 Å². The van der Waals surface area contributed by atoms with E-state index < -0.39 is 0 Å². The van der Waals surface area contributed by atoms with Crippen LogP contribution >= 0.6 is 0 Å². The molecule has 1 heterocycles. The lowest BCUT2D eigenvalue weighted by Crippen LogP contribution is -2.36. The fraction of sp³-hybridized carbons (Fsp3) is 0.571. The minimum Gasteiger partial charge on any atom is -0.494 e. The third-order valence-electron chi connectivity index (χ3n) is 3.10. The predicted octanol–water partition coefficient (Wildman–Crippen LogP) is 1.76. The molecule has 0 aliphatic carbocycles. The van der Waals surface area contributed by atoms with Crippen LogP contribution in [0.15, 0.2) is 24.3 Å². The average Bonchev–Trinajstić information content (AvgIpc) is 2.40. The lowest BCUT2D eigenvalue weighted by molar-refractivity contribution is 0.0368. The quantitative estimate of drug-likeness (QED) is 0.617. The lowest BCUT2D eigenvalue weighted by Gasteiger charge is -2.26. The molecule has 2 rings (SSSR count). The maximum atomic E-state index is 5.69. The normalized spacial score (nSPS) is 16.7. The van der Waals surface area contributed by atoms with E-state index in [0.717, 1.165) is 57.3 Å². The zero-order valence-electron chi connectivity index (χ0n) is 10.8. The number of morpholine rings is 1. The maximum Gasteiger partial charge on any atom is 0.121 e. The van der Waals surface area contributed by atoms with E-state index >= 15 is 0 Å². The summed E-state index contributed by atoms with van der Waals surface area (Å²) >= 11 is 0. The predicted molar refractivity (Wildman–Crippen MR) is 72.8 cm³/mol. The number of rotatable bonds is 6. The van der Waals surface area contributed by atoms with Gasteiger partial charge in [0.15, 0.2) is 0 Å². The molecule has 0 bridgehead atoms. The van der Waals surface area contributed by atoms with Crippen LogP contribution in [-0.4, -0.2) is 44.4 Å². The molecule has 0 amide bonds. The topological polar surface area (TPSA) is 47.7 Å². The molecule has 4 nitrogen and oxygen atoms in total. The fourth-order valence-corrected chi connectivity index (χ4v) is 2.06. The molecule has 4 heteroatoms. The van der Waals surface area contributed by atoms with Crippen molar-refractivity contribution in [3.8, 4) is 5.75 Å². The molecule has 0 atom stereocenters. The Labute approximate surface area is 109 Å². The summed E-state index contributed by atoms with van der Waals surface area (Å²) in [4.78, 5) is 2.45. The Balaban J connectivity index is 1.55. The van der Waals surface area contributed by atoms with Crippen molar-refractivity contribution < 1.29 is 9.47 Å². The number of ether oxygens (including phenoxy) is 2. The largest absolute Gasteiger partial charge is 0.494 e. The third-order valence-corrected chi connectivity index (χ3v) is 3.10. The summed E-state index contributed by atoms with van der Waals surface area (Å²) in [5.41, 5.74) is 6.44. The summed E-state index contributed by atoms with van der Waals surface area (Å²) in [6.07, 6.45) is 2.24. The molecule has 1 fully saturated rings. The highest BCUT2D eigenvalue weighted by molar-refractivity contribution is 5.43. The molecule has 1 aromatic rings. The Morgan fingerprint density at radius 2 is 2.06 bits per heavy atom. The Morgan fingerprint density at radius 3 is 2.83 bits per heavy atom. The number of benzene rings is 1. The van der Waals surface area contributed by atoms with Gasteiger partial charge in [-0.15, -0.1) is 0 Å². The van der Waals surface area contributed by atoms with Gasteiger partial charge < -0.3 is 15.2 Å². The number of unbranched alkanes of at least 4 members (excludes halogenated alkanes) is 1. The van der Waals surface area contributed by atoms with Gasteiger partial charge in [-0.2, -0.15) is 0 Å². The second kappa shape index (κ2) is 7.24. The number of nitrogens with zero attached hydrogens (tertiary/aromatic N) is 1. The average molecular weight is 250 g/mol. The van der Waals surface area contributed by atoms with E-state index in [1.54, 1.807) is 0 Å². The first-order valence-electron chi connectivity index (χ1n) is 6.63. The summed E-state index contributed by atoms with van der Waals surface area (Å²) in [6.45, 7) is 5.78. The van der Waals surface area contributed by atoms with Crippen molar-refractivity contribution in [1.82, 2.24) is 4.90 Å². The molecule has 1 aromatic carbocycles. The van der Waals surface area contributed by atoms with Crippen molar-refractivity contribution in [2.24, 2.45) is 0 Å². The van der Waals surface area contributed by atoms with Crippen LogP contribution in [0.4, 0.5) is 5.69 Å². The lowest BCUT2D eigenvalue weighted by atomic mass is 10.3. The summed E-state index contributed by atoms with van der Waals surface area (Å²) in [6, 6.07) is 7.59. The smallest absolute Gasteiger partial charge is 0.121 e. The zero-order chi connectivity index (χ0) is 12.6. The van der Waals surface area contributed by atoms with Crippen LogP contribution in [-0.2, 0) is 4.74 Å². The number of nitrogen functional groups attached to an aromatic ring is 1. The molecule has 1 saturated heterocycles. The van der Waals surface area contributed by atoms with E-state index in [4.69, 9.17) is 15.2 Å². The molecular weight excluding hydrogens is 228 g/mol. The molecule has 0 aromatic heterocycles. The summed E-state index contributed by atoms with van der Waals surface area (Å²) in [7, 11) is 0. The second-order valence-electron chi connectivity index (χ2n) is 4.58. The van der Waals surface area contributed by atoms with Crippen molar-refractivity contribution in [3.63, 3.8) is 0 Å². The van der Waals surface area contributed by atoms with Crippen molar-refractivity contribution in [2.45, 2.75) is 12.8 Å². The highest BCUT2D eigenvalue weighted by atomic mass is 16.5. The minimum atomic E-state index is 0.751. The highest BCUT2D eigenvalue weighted by Gasteiger charge is 2.08. The van der Waals surface area contributed by atoms with Crippen LogP contribution in [0.3, 0.4) is 0 Å². The van der Waals surface area contributed by atoms with E-state index in [-0.39, 0.29) is 0 Å². The van der Waals surface area contributed by atoms with E-state index in [9.17, 15) is 0 Å². The van der Waals surface area contributed by atoms with Gasteiger partial charge >= 0.3 is 0 Å². The van der Waals surface area contributed by atoms with Gasteiger partial charge in [0.05, 0.1) is 19.8 Å². The molecular formula is C14H22N2O2. The minimum absolute atomic E-state index is 0.751. The van der Waals surface area contributed by atoms with Crippen molar-refractivity contribution in [2.75, 3.05) is 45.2 Å². The van der Waals surface area contributed by atoms with Gasteiger partial charge in [-0.05, 0) is 31.5 Å². The zero-order valence-corrected chi connectivity index (χ0v) is 10.8. The summed E-state index contributed by atoms with van der Waals surface area (Å²) in [5.74, 6) is 0.862. The Hall–Kier alpha value is -1.26. The van der Waals surface area contributed by atoms with E-state index in [2.05, 4.69) is 4.90 Å². The number of anilines is 1. The van der Waals surface area contributed by atoms with Crippen LogP contribution in [0, 0.1) is 0 Å². The molecule has 2 N–H and O–H groups in total. The molecule has 1 aliphatic heterocycles. The number of hydrogen-bond donors (Lipinski definition) is 1. The monoisotopic (exact) mass is 250 g/mol. The first-order valence-corrected chi connectivity index (χ1v) is 6.63. The van der Waals surface area contributed by atoms with Gasteiger partial charge in [0.1, 0.15) is 5.75 Å². The van der Waals surface area contributed by atoms with Gasteiger partial charge in [-0.25, -0.2) is 0 Å². The molecule has 1 aliphatic rings. The molecule has 0 saturated carbocycles. The fourth-order valence-electron chi connectivity index (χ4n) is 2.06. The van der Waals surface area contributed by atoms with Crippen molar-refractivity contribution >= 4 is 5.69 Å².